The molecule has 0 spiro atoms. The molecule has 0 saturated carbocycles. The van der Waals surface area contributed by atoms with Crippen molar-refractivity contribution in [2.24, 2.45) is 5.10 Å². The lowest BCUT2D eigenvalue weighted by Gasteiger charge is -2.06. The van der Waals surface area contributed by atoms with Crippen LogP contribution in [0.5, 0.6) is 0 Å². The van der Waals surface area contributed by atoms with Gasteiger partial charge in [0.05, 0.1) is 12.3 Å². The number of ether oxygens (including phenoxy) is 1. The highest BCUT2D eigenvalue weighted by molar-refractivity contribution is 6.35. The summed E-state index contributed by atoms with van der Waals surface area (Å²) in [4.78, 5) is 11.2. The van der Waals surface area contributed by atoms with E-state index in [-0.39, 0.29) is 11.5 Å². The fraction of sp³-hybridized carbons (Fsp3) is 0.333. The predicted molar refractivity (Wildman–Crippen MR) is 64.5 cm³/mol. The highest BCUT2D eigenvalue weighted by Crippen LogP contribution is 2.15. The summed E-state index contributed by atoms with van der Waals surface area (Å²) >= 11 is 0. The van der Waals surface area contributed by atoms with Crippen LogP contribution in [0.15, 0.2) is 23.3 Å². The Bertz CT molecular complexity index is 444. The molecule has 17 heavy (non-hydrogen) atoms. The van der Waals surface area contributed by atoms with E-state index >= 15 is 0 Å². The smallest absolute Gasteiger partial charge is 0.354 e. The van der Waals surface area contributed by atoms with Crippen molar-refractivity contribution in [3.63, 3.8) is 0 Å². The van der Waals surface area contributed by atoms with E-state index in [1.54, 1.807) is 13.0 Å². The molecule has 0 fully saturated rings. The van der Waals surface area contributed by atoms with Gasteiger partial charge in [0.15, 0.2) is 0 Å². The third kappa shape index (κ3) is 3.86. The van der Waals surface area contributed by atoms with E-state index < -0.39 is 5.97 Å². The van der Waals surface area contributed by atoms with E-state index in [1.807, 2.05) is 6.92 Å². The molecule has 5 heteroatoms. The number of aryl methyl sites for hydroxylation is 1. The second kappa shape index (κ2) is 5.98. The van der Waals surface area contributed by atoms with Gasteiger partial charge in [-0.05, 0) is 38.5 Å². The van der Waals surface area contributed by atoms with Gasteiger partial charge in [0.1, 0.15) is 11.5 Å². The second-order valence-corrected chi connectivity index (χ2v) is 3.49. The first-order valence-electron chi connectivity index (χ1n) is 5.28. The zero-order chi connectivity index (χ0) is 12.8. The van der Waals surface area contributed by atoms with Crippen LogP contribution in [0.2, 0.25) is 0 Å². The Morgan fingerprint density at radius 1 is 1.53 bits per heavy atom. The molecule has 0 saturated heterocycles. The van der Waals surface area contributed by atoms with Crippen molar-refractivity contribution in [1.29, 1.82) is 0 Å². The molecular weight excluding hydrogens is 223 g/mol. The maximum atomic E-state index is 13.0. The molecule has 1 aromatic rings. The van der Waals surface area contributed by atoms with Gasteiger partial charge in [0, 0.05) is 0 Å². The number of nitrogens with zero attached hydrogens (tertiary/aromatic N) is 1. The molecule has 0 atom stereocenters. The SMILES string of the molecule is CCOC(=O)C(C)=NNc1cc(F)ccc1C. The molecule has 0 radical (unpaired) electrons. The highest BCUT2D eigenvalue weighted by atomic mass is 19.1. The monoisotopic (exact) mass is 238 g/mol. The van der Waals surface area contributed by atoms with E-state index in [4.69, 9.17) is 4.74 Å². The summed E-state index contributed by atoms with van der Waals surface area (Å²) in [5.74, 6) is -0.851. The Balaban J connectivity index is 2.75. The Morgan fingerprint density at radius 2 is 2.24 bits per heavy atom. The number of rotatable bonds is 4. The van der Waals surface area contributed by atoms with Crippen LogP contribution < -0.4 is 5.43 Å². The Labute approximate surface area is 99.5 Å². The van der Waals surface area contributed by atoms with Crippen molar-refractivity contribution in [3.05, 3.63) is 29.6 Å². The summed E-state index contributed by atoms with van der Waals surface area (Å²) in [7, 11) is 0. The molecule has 0 aliphatic heterocycles. The number of carbonyl (C=O) groups excluding carboxylic acids is 1. The number of esters is 1. The molecule has 1 rings (SSSR count). The Kier molecular flexibility index (Phi) is 4.63. The molecule has 0 unspecified atom stereocenters. The number of hydrazone groups is 1. The van der Waals surface area contributed by atoms with Crippen LogP contribution in [0.1, 0.15) is 19.4 Å². The molecule has 0 aromatic heterocycles. The topological polar surface area (TPSA) is 50.7 Å². The molecule has 0 aliphatic carbocycles. The van der Waals surface area contributed by atoms with Crippen LogP contribution >= 0.6 is 0 Å². The lowest BCUT2D eigenvalue weighted by atomic mass is 10.2. The average Bonchev–Trinajstić information content (AvgIpc) is 2.30. The number of carbonyl (C=O) groups is 1. The summed E-state index contributed by atoms with van der Waals surface area (Å²) in [5, 5.41) is 3.84. The summed E-state index contributed by atoms with van der Waals surface area (Å²) in [6.45, 7) is 5.36. The molecule has 0 amide bonds. The Morgan fingerprint density at radius 3 is 2.88 bits per heavy atom. The van der Waals surface area contributed by atoms with Gasteiger partial charge in [-0.1, -0.05) is 6.07 Å². The van der Waals surface area contributed by atoms with Crippen LogP contribution in [0.3, 0.4) is 0 Å². The minimum atomic E-state index is -0.492. The van der Waals surface area contributed by atoms with Gasteiger partial charge in [0.2, 0.25) is 0 Å². The first kappa shape index (κ1) is 13.2. The quantitative estimate of drug-likeness (QED) is 0.498. The normalized spacial score (nSPS) is 11.2. The van der Waals surface area contributed by atoms with Crippen molar-refractivity contribution in [2.45, 2.75) is 20.8 Å². The van der Waals surface area contributed by atoms with Crippen LogP contribution in [-0.2, 0) is 9.53 Å². The standard InChI is InChI=1S/C12H15FN2O2/c1-4-17-12(16)9(3)14-15-11-7-10(13)6-5-8(11)2/h5-7,15H,4H2,1-3H3. The lowest BCUT2D eigenvalue weighted by Crippen LogP contribution is -2.15. The number of hydrogen-bond donors (Lipinski definition) is 1. The molecule has 0 aliphatic rings. The first-order valence-corrected chi connectivity index (χ1v) is 5.28. The van der Waals surface area contributed by atoms with Gasteiger partial charge in [-0.15, -0.1) is 0 Å². The summed E-state index contributed by atoms with van der Waals surface area (Å²) < 4.78 is 17.7. The largest absolute Gasteiger partial charge is 0.461 e. The van der Waals surface area contributed by atoms with Gasteiger partial charge in [-0.2, -0.15) is 5.10 Å². The maximum Gasteiger partial charge on any atom is 0.354 e. The maximum absolute atomic E-state index is 13.0. The van der Waals surface area contributed by atoms with Crippen LogP contribution in [0.4, 0.5) is 10.1 Å². The van der Waals surface area contributed by atoms with E-state index in [2.05, 4.69) is 10.5 Å². The van der Waals surface area contributed by atoms with Crippen LogP contribution in [0.25, 0.3) is 0 Å². The zero-order valence-corrected chi connectivity index (χ0v) is 10.1. The summed E-state index contributed by atoms with van der Waals surface area (Å²) in [5.41, 5.74) is 4.19. The third-order valence-corrected chi connectivity index (χ3v) is 2.11. The molecule has 0 heterocycles. The van der Waals surface area contributed by atoms with Crippen molar-refractivity contribution < 1.29 is 13.9 Å². The van der Waals surface area contributed by atoms with Crippen LogP contribution in [-0.4, -0.2) is 18.3 Å². The first-order chi connectivity index (χ1) is 8.04. The van der Waals surface area contributed by atoms with E-state index in [1.165, 1.54) is 19.1 Å². The highest BCUT2D eigenvalue weighted by Gasteiger charge is 2.06. The molecular formula is C12H15FN2O2. The number of anilines is 1. The molecule has 1 aromatic carbocycles. The van der Waals surface area contributed by atoms with Gasteiger partial charge >= 0.3 is 5.97 Å². The number of benzene rings is 1. The molecule has 1 N–H and O–H groups in total. The van der Waals surface area contributed by atoms with Gasteiger partial charge < -0.3 is 4.74 Å². The number of nitrogens with one attached hydrogen (secondary N) is 1. The van der Waals surface area contributed by atoms with Crippen molar-refractivity contribution >= 4 is 17.4 Å². The number of halogens is 1. The molecule has 92 valence electrons. The number of hydrogen-bond acceptors (Lipinski definition) is 4. The molecule has 4 nitrogen and oxygen atoms in total. The van der Waals surface area contributed by atoms with Crippen molar-refractivity contribution in [3.8, 4) is 0 Å². The van der Waals surface area contributed by atoms with E-state index in [0.29, 0.717) is 12.3 Å². The van der Waals surface area contributed by atoms with Crippen molar-refractivity contribution in [2.75, 3.05) is 12.0 Å². The van der Waals surface area contributed by atoms with Crippen LogP contribution in [0, 0.1) is 12.7 Å². The summed E-state index contributed by atoms with van der Waals surface area (Å²) in [6.07, 6.45) is 0. The van der Waals surface area contributed by atoms with E-state index in [9.17, 15) is 9.18 Å². The fourth-order valence-electron chi connectivity index (χ4n) is 1.14. The zero-order valence-electron chi connectivity index (χ0n) is 10.1. The minimum absolute atomic E-state index is 0.190. The minimum Gasteiger partial charge on any atom is -0.461 e. The predicted octanol–water partition coefficient (Wildman–Crippen LogP) is 2.49. The van der Waals surface area contributed by atoms with Gasteiger partial charge in [-0.25, -0.2) is 9.18 Å². The summed E-state index contributed by atoms with van der Waals surface area (Å²) in [6, 6.07) is 4.31. The van der Waals surface area contributed by atoms with E-state index in [0.717, 1.165) is 5.56 Å². The molecule has 0 bridgehead atoms. The Hall–Kier alpha value is -1.91. The fourth-order valence-corrected chi connectivity index (χ4v) is 1.14. The van der Waals surface area contributed by atoms with Gasteiger partial charge in [-0.3, -0.25) is 5.43 Å². The average molecular weight is 238 g/mol. The third-order valence-electron chi connectivity index (χ3n) is 2.11. The second-order valence-electron chi connectivity index (χ2n) is 3.49. The van der Waals surface area contributed by atoms with Crippen molar-refractivity contribution in [1.82, 2.24) is 0 Å². The van der Waals surface area contributed by atoms with Gasteiger partial charge in [0.25, 0.3) is 0 Å². The lowest BCUT2D eigenvalue weighted by molar-refractivity contribution is -0.135.